The van der Waals surface area contributed by atoms with Crippen molar-refractivity contribution in [3.05, 3.63) is 58.8 Å². The monoisotopic (exact) mass is 401 g/mol. The van der Waals surface area contributed by atoms with Gasteiger partial charge in [-0.25, -0.2) is 14.5 Å². The van der Waals surface area contributed by atoms with Gasteiger partial charge >= 0.3 is 0 Å². The normalized spacial score (nSPS) is 11.1. The van der Waals surface area contributed by atoms with E-state index in [0.717, 1.165) is 33.8 Å². The predicted molar refractivity (Wildman–Crippen MR) is 113 cm³/mol. The summed E-state index contributed by atoms with van der Waals surface area (Å²) in [6.07, 6.45) is 2.46. The SMILES string of the molecule is Cc1nc2c(C#N)cnn2c(C)c1CCC(=O)NCCn1c(C)nc2ccccc21. The number of nitriles is 1. The minimum atomic E-state index is -0.00542. The number of fused-ring (bicyclic) bond motifs is 2. The Morgan fingerprint density at radius 1 is 1.20 bits per heavy atom. The minimum absolute atomic E-state index is 0.00542. The molecule has 0 spiro atoms. The van der Waals surface area contributed by atoms with Crippen LogP contribution in [0.2, 0.25) is 0 Å². The molecule has 0 radical (unpaired) electrons. The molecule has 4 rings (SSSR count). The Bertz CT molecular complexity index is 1290. The summed E-state index contributed by atoms with van der Waals surface area (Å²) in [5.41, 5.74) is 5.77. The van der Waals surface area contributed by atoms with E-state index in [-0.39, 0.29) is 5.91 Å². The summed E-state index contributed by atoms with van der Waals surface area (Å²) in [4.78, 5) is 21.5. The maximum Gasteiger partial charge on any atom is 0.220 e. The number of nitrogens with one attached hydrogen (secondary N) is 1. The fraction of sp³-hybridized carbons (Fsp3) is 0.318. The average Bonchev–Trinajstić information content (AvgIpc) is 3.28. The third-order valence-corrected chi connectivity index (χ3v) is 5.43. The van der Waals surface area contributed by atoms with Crippen LogP contribution < -0.4 is 5.32 Å². The van der Waals surface area contributed by atoms with Gasteiger partial charge in [0.05, 0.1) is 17.2 Å². The van der Waals surface area contributed by atoms with Crippen LogP contribution in [0.3, 0.4) is 0 Å². The van der Waals surface area contributed by atoms with Gasteiger partial charge < -0.3 is 9.88 Å². The number of imidazole rings is 1. The number of hydrogen-bond donors (Lipinski definition) is 1. The molecule has 4 aromatic rings. The third-order valence-electron chi connectivity index (χ3n) is 5.43. The van der Waals surface area contributed by atoms with Gasteiger partial charge in [0.1, 0.15) is 17.5 Å². The van der Waals surface area contributed by atoms with Gasteiger partial charge in [0.25, 0.3) is 0 Å². The highest BCUT2D eigenvalue weighted by atomic mass is 16.1. The maximum absolute atomic E-state index is 12.4. The van der Waals surface area contributed by atoms with Crippen molar-refractivity contribution in [2.45, 2.75) is 40.2 Å². The van der Waals surface area contributed by atoms with E-state index in [1.165, 1.54) is 6.20 Å². The van der Waals surface area contributed by atoms with Gasteiger partial charge in [-0.2, -0.15) is 10.4 Å². The number of para-hydroxylation sites is 2. The number of aryl methyl sites for hydroxylation is 3. The number of amides is 1. The summed E-state index contributed by atoms with van der Waals surface area (Å²) in [5.74, 6) is 0.932. The van der Waals surface area contributed by atoms with Gasteiger partial charge in [-0.1, -0.05) is 12.1 Å². The van der Waals surface area contributed by atoms with Crippen molar-refractivity contribution in [3.63, 3.8) is 0 Å². The van der Waals surface area contributed by atoms with Crippen molar-refractivity contribution < 1.29 is 4.79 Å². The zero-order valence-corrected chi connectivity index (χ0v) is 17.3. The molecule has 0 atom stereocenters. The zero-order valence-electron chi connectivity index (χ0n) is 17.3. The molecule has 152 valence electrons. The second kappa shape index (κ2) is 7.95. The number of carbonyl (C=O) groups excluding carboxylic acids is 1. The molecular formula is C22H23N7O. The molecule has 0 aliphatic rings. The third kappa shape index (κ3) is 3.50. The molecule has 3 aromatic heterocycles. The second-order valence-corrected chi connectivity index (χ2v) is 7.32. The summed E-state index contributed by atoms with van der Waals surface area (Å²) < 4.78 is 3.79. The van der Waals surface area contributed by atoms with Crippen LogP contribution in [0.15, 0.2) is 30.5 Å². The van der Waals surface area contributed by atoms with Gasteiger partial charge in [0.2, 0.25) is 5.91 Å². The summed E-state index contributed by atoms with van der Waals surface area (Å²) in [7, 11) is 0. The lowest BCUT2D eigenvalue weighted by Crippen LogP contribution is -2.27. The van der Waals surface area contributed by atoms with Crippen LogP contribution in [0, 0.1) is 32.1 Å². The first-order valence-electron chi connectivity index (χ1n) is 9.92. The molecule has 1 aromatic carbocycles. The van der Waals surface area contributed by atoms with Crippen molar-refractivity contribution in [1.82, 2.24) is 29.5 Å². The lowest BCUT2D eigenvalue weighted by atomic mass is 10.1. The Kier molecular flexibility index (Phi) is 5.19. The average molecular weight is 401 g/mol. The number of hydrogen-bond acceptors (Lipinski definition) is 5. The Morgan fingerprint density at radius 2 is 2.00 bits per heavy atom. The maximum atomic E-state index is 12.4. The number of aromatic nitrogens is 5. The van der Waals surface area contributed by atoms with Crippen molar-refractivity contribution in [2.24, 2.45) is 0 Å². The molecule has 0 saturated carbocycles. The molecular weight excluding hydrogens is 378 g/mol. The van der Waals surface area contributed by atoms with E-state index >= 15 is 0 Å². The molecule has 1 amide bonds. The Balaban J connectivity index is 1.38. The molecule has 8 heteroatoms. The number of rotatable bonds is 6. The van der Waals surface area contributed by atoms with Gasteiger partial charge in [0, 0.05) is 30.9 Å². The van der Waals surface area contributed by atoms with Crippen LogP contribution in [0.5, 0.6) is 0 Å². The van der Waals surface area contributed by atoms with Gasteiger partial charge in [0.15, 0.2) is 5.65 Å². The number of carbonyl (C=O) groups is 1. The molecule has 0 aliphatic heterocycles. The van der Waals surface area contributed by atoms with E-state index in [9.17, 15) is 10.1 Å². The van der Waals surface area contributed by atoms with E-state index in [4.69, 9.17) is 0 Å². The van der Waals surface area contributed by atoms with E-state index < -0.39 is 0 Å². The zero-order chi connectivity index (χ0) is 21.3. The summed E-state index contributed by atoms with van der Waals surface area (Å²) in [6.45, 7) is 7.04. The Hall–Kier alpha value is -3.73. The summed E-state index contributed by atoms with van der Waals surface area (Å²) >= 11 is 0. The Labute approximate surface area is 174 Å². The molecule has 0 unspecified atom stereocenters. The van der Waals surface area contributed by atoms with Crippen molar-refractivity contribution in [1.29, 1.82) is 5.26 Å². The minimum Gasteiger partial charge on any atom is -0.354 e. The van der Waals surface area contributed by atoms with Gasteiger partial charge in [-0.15, -0.1) is 0 Å². The van der Waals surface area contributed by atoms with Gasteiger partial charge in [-0.3, -0.25) is 4.79 Å². The largest absolute Gasteiger partial charge is 0.354 e. The lowest BCUT2D eigenvalue weighted by Gasteiger charge is -2.12. The van der Waals surface area contributed by atoms with E-state index in [1.807, 2.05) is 45.0 Å². The first-order valence-corrected chi connectivity index (χ1v) is 9.92. The first kappa shape index (κ1) is 19.6. The molecule has 0 aliphatic carbocycles. The van der Waals surface area contributed by atoms with Crippen LogP contribution in [-0.4, -0.2) is 36.6 Å². The standard InChI is InChI=1S/C22H23N7O/c1-14-18(15(2)29-22(26-14)17(12-23)13-25-29)8-9-21(30)24-10-11-28-16(3)27-19-6-4-5-7-20(19)28/h4-7,13H,8-11H2,1-3H3,(H,24,30). The highest BCUT2D eigenvalue weighted by Gasteiger charge is 2.15. The molecule has 0 saturated heterocycles. The number of benzene rings is 1. The molecule has 0 fully saturated rings. The quantitative estimate of drug-likeness (QED) is 0.535. The van der Waals surface area contributed by atoms with Gasteiger partial charge in [-0.05, 0) is 44.9 Å². The predicted octanol–water partition coefficient (Wildman–Crippen LogP) is 2.62. The van der Waals surface area contributed by atoms with Crippen LogP contribution in [0.25, 0.3) is 16.7 Å². The van der Waals surface area contributed by atoms with E-state index in [1.54, 1.807) is 4.52 Å². The summed E-state index contributed by atoms with van der Waals surface area (Å²) in [6, 6.07) is 10.1. The first-order chi connectivity index (χ1) is 14.5. The molecule has 0 bridgehead atoms. The lowest BCUT2D eigenvalue weighted by molar-refractivity contribution is -0.121. The van der Waals surface area contributed by atoms with E-state index in [2.05, 4.69) is 31.0 Å². The molecule has 1 N–H and O–H groups in total. The van der Waals surface area contributed by atoms with E-state index in [0.29, 0.717) is 37.1 Å². The molecule has 8 nitrogen and oxygen atoms in total. The van der Waals surface area contributed by atoms with Crippen molar-refractivity contribution in [2.75, 3.05) is 6.54 Å². The second-order valence-electron chi connectivity index (χ2n) is 7.32. The van der Waals surface area contributed by atoms with Crippen LogP contribution in [0.1, 0.15) is 34.8 Å². The van der Waals surface area contributed by atoms with Crippen molar-refractivity contribution >= 4 is 22.6 Å². The van der Waals surface area contributed by atoms with Crippen LogP contribution in [0.4, 0.5) is 0 Å². The topological polar surface area (TPSA) is 101 Å². The smallest absolute Gasteiger partial charge is 0.220 e. The molecule has 3 heterocycles. The fourth-order valence-corrected chi connectivity index (χ4v) is 3.86. The highest BCUT2D eigenvalue weighted by Crippen LogP contribution is 2.18. The van der Waals surface area contributed by atoms with Crippen LogP contribution in [-0.2, 0) is 17.8 Å². The summed E-state index contributed by atoms with van der Waals surface area (Å²) in [5, 5.41) is 16.4. The van der Waals surface area contributed by atoms with Crippen molar-refractivity contribution in [3.8, 4) is 6.07 Å². The molecule has 30 heavy (non-hydrogen) atoms. The van der Waals surface area contributed by atoms with Crippen LogP contribution >= 0.6 is 0 Å². The number of nitrogens with zero attached hydrogens (tertiary/aromatic N) is 6. The fourth-order valence-electron chi connectivity index (χ4n) is 3.86. The highest BCUT2D eigenvalue weighted by molar-refractivity contribution is 5.77. The Morgan fingerprint density at radius 3 is 2.80 bits per heavy atom.